The van der Waals surface area contributed by atoms with Gasteiger partial charge < -0.3 is 0 Å². The molecule has 0 bridgehead atoms. The number of hydrogen-bond acceptors (Lipinski definition) is 0. The number of halogens is 17. The minimum atomic E-state index is -6.61. The van der Waals surface area contributed by atoms with E-state index in [1.807, 2.05) is 0 Å². The Morgan fingerprint density at radius 2 is 0.333 bits per heavy atom. The summed E-state index contributed by atoms with van der Waals surface area (Å²) < 4.78 is 202. The molecule has 0 heterocycles. The van der Waals surface area contributed by atoms with E-state index in [0.717, 1.165) is 0 Å². The van der Waals surface area contributed by atoms with Crippen LogP contribution in [-0.2, 0) is 0 Å². The van der Waals surface area contributed by atoms with Crippen molar-refractivity contribution in [2.45, 2.75) is 0 Å². The van der Waals surface area contributed by atoms with Gasteiger partial charge in [-0.25, -0.2) is 0 Å². The first kappa shape index (κ1) is 32.0. The SMILES string of the molecule is Cl.Cl.Fc1c(F)c(F)[c]([Sb]([c]2c(F)c(F)c(F)c(F)c2F)[c]2c(F)c(F)c(F)c(F)c2F)c(F)c1F. The predicted molar refractivity (Wildman–Crippen MR) is 97.8 cm³/mol. The Morgan fingerprint density at radius 3 is 0.472 bits per heavy atom. The number of rotatable bonds is 3. The van der Waals surface area contributed by atoms with Crippen molar-refractivity contribution >= 4 is 55.6 Å². The molecular formula is C18H2Cl2F15Sb. The molecule has 0 aliphatic heterocycles. The van der Waals surface area contributed by atoms with Crippen molar-refractivity contribution in [2.24, 2.45) is 0 Å². The van der Waals surface area contributed by atoms with E-state index in [9.17, 15) is 65.9 Å². The van der Waals surface area contributed by atoms with Gasteiger partial charge in [0.1, 0.15) is 0 Å². The van der Waals surface area contributed by atoms with Crippen LogP contribution in [0.1, 0.15) is 0 Å². The van der Waals surface area contributed by atoms with Gasteiger partial charge >= 0.3 is 184 Å². The average molecular weight is 696 g/mol. The molecular weight excluding hydrogens is 694 g/mol. The fraction of sp³-hybridized carbons (Fsp3) is 0. The Balaban J connectivity index is 0.00000324. The summed E-state index contributed by atoms with van der Waals surface area (Å²) in [6.45, 7) is 0. The summed E-state index contributed by atoms with van der Waals surface area (Å²) >= 11 is -6.61. The second kappa shape index (κ2) is 11.2. The van der Waals surface area contributed by atoms with Crippen molar-refractivity contribution < 1.29 is 65.9 Å². The minimum absolute atomic E-state index is 0. The monoisotopic (exact) mass is 694 g/mol. The fourth-order valence-corrected chi connectivity index (χ4v) is 9.66. The molecule has 3 aromatic carbocycles. The van der Waals surface area contributed by atoms with Crippen molar-refractivity contribution in [3.8, 4) is 0 Å². The van der Waals surface area contributed by atoms with E-state index in [0.29, 0.717) is 0 Å². The molecule has 198 valence electrons. The summed E-state index contributed by atoms with van der Waals surface area (Å²) in [6.07, 6.45) is 0. The van der Waals surface area contributed by atoms with Crippen LogP contribution in [0.5, 0.6) is 0 Å². The molecule has 3 rings (SSSR count). The quantitative estimate of drug-likeness (QED) is 0.154. The van der Waals surface area contributed by atoms with Crippen LogP contribution in [0.3, 0.4) is 0 Å². The summed E-state index contributed by atoms with van der Waals surface area (Å²) in [6, 6.07) is 0. The van der Waals surface area contributed by atoms with Gasteiger partial charge in [0, 0.05) is 0 Å². The van der Waals surface area contributed by atoms with E-state index >= 15 is 0 Å². The molecule has 0 saturated heterocycles. The molecule has 0 saturated carbocycles. The van der Waals surface area contributed by atoms with E-state index in [1.54, 1.807) is 0 Å². The standard InChI is InChI=1S/3C6F5.2ClH.Sb/c3*7-2-1-3(8)5(10)6(11)4(2)9;;;/h;;;2*1H;. The summed E-state index contributed by atoms with van der Waals surface area (Å²) in [5.41, 5.74) is 0. The summed E-state index contributed by atoms with van der Waals surface area (Å²) in [5.74, 6) is -44.4. The molecule has 36 heavy (non-hydrogen) atoms. The second-order valence-electron chi connectivity index (χ2n) is 6.09. The zero-order chi connectivity index (χ0) is 26.0. The van der Waals surface area contributed by atoms with Crippen LogP contribution in [0.15, 0.2) is 0 Å². The third-order valence-electron chi connectivity index (χ3n) is 4.23. The van der Waals surface area contributed by atoms with Crippen molar-refractivity contribution in [1.29, 1.82) is 0 Å². The Kier molecular flexibility index (Phi) is 9.95. The summed E-state index contributed by atoms with van der Waals surface area (Å²) in [4.78, 5) is 0. The van der Waals surface area contributed by atoms with Crippen molar-refractivity contribution in [3.63, 3.8) is 0 Å². The Bertz CT molecular complexity index is 1130. The van der Waals surface area contributed by atoms with Crippen LogP contribution < -0.4 is 10.5 Å². The van der Waals surface area contributed by atoms with E-state index in [2.05, 4.69) is 0 Å². The number of hydrogen-bond donors (Lipinski definition) is 0. The van der Waals surface area contributed by atoms with Gasteiger partial charge in [0.15, 0.2) is 0 Å². The van der Waals surface area contributed by atoms with Crippen LogP contribution >= 0.6 is 24.8 Å². The molecule has 0 unspecified atom stereocenters. The van der Waals surface area contributed by atoms with Gasteiger partial charge in [-0.3, -0.25) is 0 Å². The normalized spacial score (nSPS) is 11.0. The van der Waals surface area contributed by atoms with Crippen LogP contribution in [-0.4, -0.2) is 20.2 Å². The predicted octanol–water partition coefficient (Wildman–Crippen LogP) is 5.13. The van der Waals surface area contributed by atoms with Crippen LogP contribution in [0.4, 0.5) is 65.9 Å². The molecule has 0 spiro atoms. The molecule has 0 radical (unpaired) electrons. The molecule has 0 amide bonds. The van der Waals surface area contributed by atoms with Gasteiger partial charge in [-0.15, -0.1) is 24.8 Å². The summed E-state index contributed by atoms with van der Waals surface area (Å²) in [5, 5.41) is 0. The second-order valence-corrected chi connectivity index (χ2v) is 11.8. The molecule has 0 nitrogen and oxygen atoms in total. The molecule has 0 aliphatic carbocycles. The van der Waals surface area contributed by atoms with E-state index in [1.165, 1.54) is 0 Å². The molecule has 0 fully saturated rings. The van der Waals surface area contributed by atoms with E-state index in [-0.39, 0.29) is 24.8 Å². The third kappa shape index (κ3) is 4.58. The maximum absolute atomic E-state index is 14.4. The van der Waals surface area contributed by atoms with Gasteiger partial charge in [0.25, 0.3) is 0 Å². The van der Waals surface area contributed by atoms with Crippen LogP contribution in [0.25, 0.3) is 0 Å². The Hall–Kier alpha value is -1.99. The zero-order valence-corrected chi connectivity index (χ0v) is 20.1. The fourth-order valence-electron chi connectivity index (χ4n) is 2.70. The molecule has 0 N–H and O–H groups in total. The van der Waals surface area contributed by atoms with E-state index < -0.39 is 118 Å². The van der Waals surface area contributed by atoms with Gasteiger partial charge in [-0.05, 0) is 0 Å². The third-order valence-corrected chi connectivity index (χ3v) is 11.4. The maximum atomic E-state index is 14.4. The van der Waals surface area contributed by atoms with Gasteiger partial charge in [0.2, 0.25) is 0 Å². The molecule has 0 atom stereocenters. The molecule has 3 aromatic rings. The molecule has 18 heteroatoms. The average Bonchev–Trinajstić information content (AvgIpc) is 2.81. The first-order valence-electron chi connectivity index (χ1n) is 8.01. The van der Waals surface area contributed by atoms with Crippen molar-refractivity contribution in [1.82, 2.24) is 0 Å². The van der Waals surface area contributed by atoms with Gasteiger partial charge in [0.05, 0.1) is 0 Å². The van der Waals surface area contributed by atoms with Crippen molar-refractivity contribution in [2.75, 3.05) is 0 Å². The first-order chi connectivity index (χ1) is 15.7. The van der Waals surface area contributed by atoms with Gasteiger partial charge in [-0.1, -0.05) is 0 Å². The Morgan fingerprint density at radius 1 is 0.222 bits per heavy atom. The summed E-state index contributed by atoms with van der Waals surface area (Å²) in [7, 11) is 0. The first-order valence-corrected chi connectivity index (χ1v) is 11.8. The molecule has 0 aromatic heterocycles. The topological polar surface area (TPSA) is 0 Å². The molecule has 0 aliphatic rings. The van der Waals surface area contributed by atoms with Crippen molar-refractivity contribution in [3.05, 3.63) is 87.3 Å². The van der Waals surface area contributed by atoms with E-state index in [4.69, 9.17) is 0 Å². The Labute approximate surface area is 208 Å². The number of benzene rings is 3. The van der Waals surface area contributed by atoms with Crippen LogP contribution in [0.2, 0.25) is 0 Å². The zero-order valence-electron chi connectivity index (χ0n) is 15.9. The van der Waals surface area contributed by atoms with Gasteiger partial charge in [-0.2, -0.15) is 0 Å². The van der Waals surface area contributed by atoms with Crippen LogP contribution in [0, 0.1) is 87.3 Å².